The average Bonchev–Trinajstić information content (AvgIpc) is 2.87. The Morgan fingerprint density at radius 2 is 0.868 bits per heavy atom. The number of rotatable bonds is 26. The lowest BCUT2D eigenvalue weighted by Gasteiger charge is -2.50. The molecule has 0 saturated carbocycles. The number of carboxylic acids is 3. The topological polar surface area (TPSA) is 112 Å². The first-order chi connectivity index (χ1) is 18.2. The number of hydrogen-bond donors (Lipinski definition) is 3. The molecule has 0 heterocycles. The Bertz CT molecular complexity index is 617. The summed E-state index contributed by atoms with van der Waals surface area (Å²) in [4.78, 5) is 37.6. The summed E-state index contributed by atoms with van der Waals surface area (Å²) in [6, 6.07) is -3.13. The Balaban J connectivity index is 5.32. The molecule has 222 valence electrons. The highest BCUT2D eigenvalue weighted by Gasteiger charge is 2.56. The number of allylic oxidation sites excluding steroid dienone is 2. The van der Waals surface area contributed by atoms with Gasteiger partial charge in [0.15, 0.2) is 18.1 Å². The summed E-state index contributed by atoms with van der Waals surface area (Å²) >= 11 is 0. The van der Waals surface area contributed by atoms with Gasteiger partial charge in [0.2, 0.25) is 0 Å². The molecule has 38 heavy (non-hydrogen) atoms. The van der Waals surface area contributed by atoms with Gasteiger partial charge in [0, 0.05) is 19.3 Å². The van der Waals surface area contributed by atoms with Gasteiger partial charge in [-0.1, -0.05) is 84.8 Å². The number of quaternary nitrogens is 1. The average molecular weight is 541 g/mol. The highest BCUT2D eigenvalue weighted by Crippen LogP contribution is 2.34. The van der Waals surface area contributed by atoms with E-state index in [0.29, 0.717) is 25.7 Å². The molecule has 0 fully saturated rings. The van der Waals surface area contributed by atoms with E-state index in [0.717, 1.165) is 19.3 Å². The maximum atomic E-state index is 12.5. The predicted octanol–water partition coefficient (Wildman–Crippen LogP) is 7.82. The Kier molecular flexibility index (Phi) is 20.9. The van der Waals surface area contributed by atoms with Crippen LogP contribution in [0.1, 0.15) is 143 Å². The van der Waals surface area contributed by atoms with Crippen molar-refractivity contribution in [1.82, 2.24) is 0 Å². The zero-order valence-corrected chi connectivity index (χ0v) is 24.8. The van der Waals surface area contributed by atoms with Crippen LogP contribution >= 0.6 is 0 Å². The Morgan fingerprint density at radius 1 is 0.526 bits per heavy atom. The van der Waals surface area contributed by atoms with Crippen molar-refractivity contribution in [2.24, 2.45) is 0 Å². The number of carboxylic acid groups (broad SMARTS) is 3. The first-order valence-electron chi connectivity index (χ1n) is 15.4. The molecule has 0 saturated heterocycles. The fraction of sp³-hybridized carbons (Fsp3) is 0.839. The summed E-state index contributed by atoms with van der Waals surface area (Å²) < 4.78 is -0.373. The van der Waals surface area contributed by atoms with E-state index in [2.05, 4.69) is 19.1 Å². The summed E-state index contributed by atoms with van der Waals surface area (Å²) in [6.07, 6.45) is 20.3. The molecule has 0 aliphatic rings. The fourth-order valence-corrected chi connectivity index (χ4v) is 5.94. The molecule has 0 amide bonds. The molecule has 0 radical (unpaired) electrons. The van der Waals surface area contributed by atoms with Crippen LogP contribution in [-0.4, -0.2) is 62.4 Å². The molecule has 7 heteroatoms. The van der Waals surface area contributed by atoms with E-state index in [9.17, 15) is 29.7 Å². The predicted molar refractivity (Wildman–Crippen MR) is 154 cm³/mol. The minimum absolute atomic E-state index is 0.269. The van der Waals surface area contributed by atoms with Crippen LogP contribution in [-0.2, 0) is 14.4 Å². The Morgan fingerprint density at radius 3 is 1.21 bits per heavy atom. The molecule has 0 aliphatic carbocycles. The normalized spacial score (nSPS) is 15.7. The lowest BCUT2D eigenvalue weighted by molar-refractivity contribution is -0.973. The first kappa shape index (κ1) is 36.1. The van der Waals surface area contributed by atoms with Crippen molar-refractivity contribution >= 4 is 17.9 Å². The molecule has 0 aromatic heterocycles. The van der Waals surface area contributed by atoms with Crippen LogP contribution in [0.3, 0.4) is 0 Å². The van der Waals surface area contributed by atoms with Crippen LogP contribution in [0.15, 0.2) is 12.2 Å². The largest absolute Gasteiger partial charge is 0.477 e. The molecule has 7 nitrogen and oxygen atoms in total. The van der Waals surface area contributed by atoms with Gasteiger partial charge < -0.3 is 15.3 Å². The minimum atomic E-state index is -1.09. The molecule has 0 aromatic rings. The van der Waals surface area contributed by atoms with Gasteiger partial charge in [-0.05, 0) is 51.4 Å². The summed E-state index contributed by atoms with van der Waals surface area (Å²) in [5.74, 6) is -3.26. The lowest BCUT2D eigenvalue weighted by Crippen LogP contribution is -2.72. The van der Waals surface area contributed by atoms with Gasteiger partial charge in [-0.3, -0.25) is 4.48 Å². The van der Waals surface area contributed by atoms with Crippen LogP contribution in [0.25, 0.3) is 0 Å². The van der Waals surface area contributed by atoms with Crippen molar-refractivity contribution in [2.45, 2.75) is 161 Å². The zero-order chi connectivity index (χ0) is 28.8. The van der Waals surface area contributed by atoms with Crippen LogP contribution in [0.5, 0.6) is 0 Å². The Labute approximate surface area is 232 Å². The van der Waals surface area contributed by atoms with Crippen molar-refractivity contribution in [1.29, 1.82) is 0 Å². The maximum Gasteiger partial charge on any atom is 0.362 e. The van der Waals surface area contributed by atoms with Gasteiger partial charge in [-0.15, -0.1) is 0 Å². The monoisotopic (exact) mass is 540 g/mol. The van der Waals surface area contributed by atoms with Crippen LogP contribution in [0.4, 0.5) is 0 Å². The molecule has 3 N–H and O–H groups in total. The lowest BCUT2D eigenvalue weighted by atomic mass is 9.91. The summed E-state index contributed by atoms with van der Waals surface area (Å²) in [5.41, 5.74) is 0. The molecule has 0 bridgehead atoms. The summed E-state index contributed by atoms with van der Waals surface area (Å²) in [5, 5.41) is 30.7. The van der Waals surface area contributed by atoms with Crippen molar-refractivity contribution < 1.29 is 34.2 Å². The third-order valence-electron chi connectivity index (χ3n) is 7.82. The van der Waals surface area contributed by atoms with Gasteiger partial charge in [-0.2, -0.15) is 0 Å². The molecule has 3 atom stereocenters. The number of carbonyl (C=O) groups is 3. The SMILES string of the molecule is CCC/C=C/CCCCCCCCCCC[N+](C(CCC)C(=O)O)(C(CCC)C(=O)O)C(CCC)C(=O)O. The van der Waals surface area contributed by atoms with Gasteiger partial charge in [-0.25, -0.2) is 14.4 Å². The van der Waals surface area contributed by atoms with Crippen molar-refractivity contribution in [3.63, 3.8) is 0 Å². The van der Waals surface area contributed by atoms with Crippen molar-refractivity contribution in [3.8, 4) is 0 Å². The Hall–Kier alpha value is -1.89. The standard InChI is InChI=1S/C31H57NO6/c1-5-9-10-11-12-13-14-15-16-17-18-19-20-21-25-32(26(22-6-2)29(33)34,27(23-7-3)30(35)36)28(24-8-4)31(37)38/h10-11,26-28H,5-9,12-25H2,1-4H3,(H2-,33,34,35,36,37,38)/p+1/b11-10+. The van der Waals surface area contributed by atoms with E-state index in [1.165, 1.54) is 51.4 Å². The van der Waals surface area contributed by atoms with Gasteiger partial charge >= 0.3 is 17.9 Å². The zero-order valence-electron chi connectivity index (χ0n) is 24.8. The fourth-order valence-electron chi connectivity index (χ4n) is 5.94. The molecular formula is C31H58NO6+. The molecule has 3 unspecified atom stereocenters. The third kappa shape index (κ3) is 12.8. The second-order valence-electron chi connectivity index (χ2n) is 10.9. The number of nitrogens with zero attached hydrogens (tertiary/aromatic N) is 1. The van der Waals surface area contributed by atoms with E-state index >= 15 is 0 Å². The quantitative estimate of drug-likeness (QED) is 0.0586. The van der Waals surface area contributed by atoms with Gasteiger partial charge in [0.25, 0.3) is 0 Å². The van der Waals surface area contributed by atoms with Gasteiger partial charge in [0.1, 0.15) is 0 Å². The molecule has 0 aliphatic heterocycles. The van der Waals surface area contributed by atoms with E-state index in [-0.39, 0.29) is 30.3 Å². The van der Waals surface area contributed by atoms with E-state index in [1.807, 2.05) is 20.8 Å². The highest BCUT2D eigenvalue weighted by atomic mass is 16.4. The van der Waals surface area contributed by atoms with Crippen LogP contribution in [0.2, 0.25) is 0 Å². The summed E-state index contributed by atoms with van der Waals surface area (Å²) in [6.45, 7) is 8.09. The summed E-state index contributed by atoms with van der Waals surface area (Å²) in [7, 11) is 0. The van der Waals surface area contributed by atoms with E-state index < -0.39 is 36.0 Å². The van der Waals surface area contributed by atoms with E-state index in [4.69, 9.17) is 0 Å². The second kappa shape index (κ2) is 22.0. The molecule has 0 spiro atoms. The number of aliphatic carboxylic acids is 3. The molecule has 0 aromatic carbocycles. The van der Waals surface area contributed by atoms with Crippen LogP contribution < -0.4 is 0 Å². The molecular weight excluding hydrogens is 482 g/mol. The first-order valence-corrected chi connectivity index (χ1v) is 15.4. The third-order valence-corrected chi connectivity index (χ3v) is 7.82. The number of unbranched alkanes of at least 4 members (excludes halogenated alkanes) is 10. The smallest absolute Gasteiger partial charge is 0.362 e. The van der Waals surface area contributed by atoms with Crippen molar-refractivity contribution in [3.05, 3.63) is 12.2 Å². The second-order valence-corrected chi connectivity index (χ2v) is 10.9. The molecule has 0 rings (SSSR count). The maximum absolute atomic E-state index is 12.5. The minimum Gasteiger partial charge on any atom is -0.477 e. The number of hydrogen-bond acceptors (Lipinski definition) is 3. The van der Waals surface area contributed by atoms with Crippen LogP contribution in [0, 0.1) is 0 Å². The van der Waals surface area contributed by atoms with Gasteiger partial charge in [0.05, 0.1) is 6.54 Å². The van der Waals surface area contributed by atoms with Crippen molar-refractivity contribution in [2.75, 3.05) is 6.54 Å². The highest BCUT2D eigenvalue weighted by molar-refractivity contribution is 5.78. The van der Waals surface area contributed by atoms with E-state index in [1.54, 1.807) is 0 Å².